The second kappa shape index (κ2) is 5.97. The molecule has 0 atom stereocenters. The Morgan fingerprint density at radius 2 is 1.67 bits per heavy atom. The van der Waals surface area contributed by atoms with Gasteiger partial charge >= 0.3 is 0 Å². The second-order valence-electron chi connectivity index (χ2n) is 4.73. The third-order valence-electron chi connectivity index (χ3n) is 3.25. The highest BCUT2D eigenvalue weighted by atomic mass is 32.2. The molecule has 0 spiro atoms. The second-order valence-corrected chi connectivity index (χ2v) is 8.60. The van der Waals surface area contributed by atoms with E-state index in [9.17, 15) is 16.8 Å². The Labute approximate surface area is 124 Å². The minimum Gasteiger partial charge on any atom is -0.392 e. The van der Waals surface area contributed by atoms with E-state index in [1.54, 1.807) is 0 Å². The molecule has 1 fully saturated rings. The Balaban J connectivity index is 2.14. The molecule has 8 nitrogen and oxygen atoms in total. The lowest BCUT2D eigenvalue weighted by molar-refractivity contribution is 0.273. The third kappa shape index (κ3) is 3.58. The predicted octanol–water partition coefficient (Wildman–Crippen LogP) is -1.16. The quantitative estimate of drug-likeness (QED) is 0.743. The number of aliphatic hydroxyl groups excluding tert-OH is 1. The number of pyridine rings is 1. The van der Waals surface area contributed by atoms with Crippen molar-refractivity contribution in [2.75, 3.05) is 32.4 Å². The number of hydrogen-bond donors (Lipinski definition) is 1. The van der Waals surface area contributed by atoms with Gasteiger partial charge in [-0.05, 0) is 11.6 Å². The van der Waals surface area contributed by atoms with Crippen molar-refractivity contribution in [3.63, 3.8) is 0 Å². The number of hydrogen-bond acceptors (Lipinski definition) is 6. The van der Waals surface area contributed by atoms with Crippen molar-refractivity contribution in [2.45, 2.75) is 11.6 Å². The highest BCUT2D eigenvalue weighted by Crippen LogP contribution is 2.17. The van der Waals surface area contributed by atoms with Crippen LogP contribution in [0.15, 0.2) is 23.4 Å². The monoisotopic (exact) mass is 335 g/mol. The Morgan fingerprint density at radius 3 is 2.10 bits per heavy atom. The van der Waals surface area contributed by atoms with Gasteiger partial charge in [-0.2, -0.15) is 8.61 Å². The van der Waals surface area contributed by atoms with Crippen LogP contribution in [0.4, 0.5) is 0 Å². The largest absolute Gasteiger partial charge is 0.392 e. The van der Waals surface area contributed by atoms with Crippen LogP contribution in [-0.2, 0) is 26.7 Å². The minimum absolute atomic E-state index is 0.0961. The lowest BCUT2D eigenvalue weighted by Crippen LogP contribution is -2.50. The first-order valence-electron chi connectivity index (χ1n) is 6.26. The SMILES string of the molecule is CS(=O)(=O)N1CCN(S(=O)(=O)c2ccc(CO)cn2)CC1. The summed E-state index contributed by atoms with van der Waals surface area (Å²) in [6.45, 7) is 0.248. The molecule has 10 heteroatoms. The summed E-state index contributed by atoms with van der Waals surface area (Å²) in [4.78, 5) is 3.84. The van der Waals surface area contributed by atoms with Crippen molar-refractivity contribution in [1.82, 2.24) is 13.6 Å². The van der Waals surface area contributed by atoms with E-state index in [2.05, 4.69) is 4.98 Å². The lowest BCUT2D eigenvalue weighted by atomic mass is 10.3. The zero-order chi connectivity index (χ0) is 15.7. The van der Waals surface area contributed by atoms with E-state index in [-0.39, 0.29) is 37.8 Å². The molecular weight excluding hydrogens is 318 g/mol. The number of piperazine rings is 1. The standard InChI is InChI=1S/C11H17N3O5S2/c1-20(16,17)13-4-6-14(7-5-13)21(18,19)11-3-2-10(9-15)8-12-11/h2-3,8,15H,4-7,9H2,1H3. The Bertz CT molecular complexity index is 692. The predicted molar refractivity (Wildman–Crippen MR) is 75.3 cm³/mol. The molecule has 0 saturated carbocycles. The van der Waals surface area contributed by atoms with Crippen molar-refractivity contribution < 1.29 is 21.9 Å². The summed E-state index contributed by atoms with van der Waals surface area (Å²) < 4.78 is 50.0. The molecule has 2 rings (SSSR count). The van der Waals surface area contributed by atoms with E-state index in [0.717, 1.165) is 6.26 Å². The highest BCUT2D eigenvalue weighted by molar-refractivity contribution is 7.89. The van der Waals surface area contributed by atoms with Gasteiger partial charge in [0, 0.05) is 32.4 Å². The van der Waals surface area contributed by atoms with Crippen LogP contribution in [0.1, 0.15) is 5.56 Å². The maximum Gasteiger partial charge on any atom is 0.260 e. The van der Waals surface area contributed by atoms with Crippen LogP contribution in [0.5, 0.6) is 0 Å². The summed E-state index contributed by atoms with van der Waals surface area (Å²) in [5.41, 5.74) is 0.524. The van der Waals surface area contributed by atoms with Gasteiger partial charge in [-0.15, -0.1) is 0 Å². The van der Waals surface area contributed by atoms with Gasteiger partial charge in [0.05, 0.1) is 12.9 Å². The van der Waals surface area contributed by atoms with Crippen LogP contribution < -0.4 is 0 Å². The Hall–Kier alpha value is -1.07. The minimum atomic E-state index is -3.74. The number of nitrogens with zero attached hydrogens (tertiary/aromatic N) is 3. The van der Waals surface area contributed by atoms with Gasteiger partial charge in [0.1, 0.15) is 0 Å². The molecular formula is C11H17N3O5S2. The van der Waals surface area contributed by atoms with Gasteiger partial charge in [0.2, 0.25) is 10.0 Å². The van der Waals surface area contributed by atoms with Gasteiger partial charge in [-0.3, -0.25) is 0 Å². The normalized spacial score (nSPS) is 18.8. The molecule has 1 aliphatic rings. The third-order valence-corrected chi connectivity index (χ3v) is 6.37. The zero-order valence-corrected chi connectivity index (χ0v) is 13.1. The Morgan fingerprint density at radius 1 is 1.10 bits per heavy atom. The lowest BCUT2D eigenvalue weighted by Gasteiger charge is -2.32. The van der Waals surface area contributed by atoms with Crippen molar-refractivity contribution >= 4 is 20.0 Å². The number of sulfonamides is 2. The maximum atomic E-state index is 12.4. The average Bonchev–Trinajstić information content (AvgIpc) is 2.46. The van der Waals surface area contributed by atoms with Gasteiger partial charge in [-0.25, -0.2) is 21.8 Å². The van der Waals surface area contributed by atoms with Crippen LogP contribution in [-0.4, -0.2) is 68.0 Å². The first-order chi connectivity index (χ1) is 9.75. The number of aliphatic hydroxyl groups is 1. The van der Waals surface area contributed by atoms with Crippen LogP contribution in [0.25, 0.3) is 0 Å². The molecule has 21 heavy (non-hydrogen) atoms. The fraction of sp³-hybridized carbons (Fsp3) is 0.545. The molecule has 118 valence electrons. The zero-order valence-electron chi connectivity index (χ0n) is 11.5. The van der Waals surface area contributed by atoms with Gasteiger partial charge in [0.15, 0.2) is 5.03 Å². The molecule has 0 amide bonds. The van der Waals surface area contributed by atoms with Crippen molar-refractivity contribution in [2.24, 2.45) is 0 Å². The molecule has 0 bridgehead atoms. The van der Waals surface area contributed by atoms with Crippen LogP contribution >= 0.6 is 0 Å². The van der Waals surface area contributed by atoms with Crippen LogP contribution in [0.3, 0.4) is 0 Å². The summed E-state index contributed by atoms with van der Waals surface area (Å²) in [6, 6.07) is 2.83. The summed E-state index contributed by atoms with van der Waals surface area (Å²) in [7, 11) is -7.04. The van der Waals surface area contributed by atoms with E-state index >= 15 is 0 Å². The van der Waals surface area contributed by atoms with Gasteiger partial charge in [-0.1, -0.05) is 6.07 Å². The Kier molecular flexibility index (Phi) is 4.63. The number of aromatic nitrogens is 1. The smallest absolute Gasteiger partial charge is 0.260 e. The summed E-state index contributed by atoms with van der Waals surface area (Å²) >= 11 is 0. The van der Waals surface area contributed by atoms with E-state index in [1.165, 1.54) is 26.9 Å². The molecule has 1 aliphatic heterocycles. The molecule has 1 aromatic rings. The van der Waals surface area contributed by atoms with E-state index < -0.39 is 20.0 Å². The molecule has 0 aromatic carbocycles. The fourth-order valence-electron chi connectivity index (χ4n) is 2.03. The maximum absolute atomic E-state index is 12.4. The molecule has 0 unspecified atom stereocenters. The molecule has 1 saturated heterocycles. The van der Waals surface area contributed by atoms with E-state index in [1.807, 2.05) is 0 Å². The highest BCUT2D eigenvalue weighted by Gasteiger charge is 2.31. The summed E-state index contributed by atoms with van der Waals surface area (Å²) in [5.74, 6) is 0. The van der Waals surface area contributed by atoms with Gasteiger partial charge < -0.3 is 5.11 Å². The van der Waals surface area contributed by atoms with Crippen LogP contribution in [0.2, 0.25) is 0 Å². The van der Waals surface area contributed by atoms with Crippen molar-refractivity contribution in [3.05, 3.63) is 23.9 Å². The van der Waals surface area contributed by atoms with Crippen LogP contribution in [0, 0.1) is 0 Å². The summed E-state index contributed by atoms with van der Waals surface area (Å²) in [6.07, 6.45) is 2.41. The topological polar surface area (TPSA) is 108 Å². The molecule has 1 aromatic heterocycles. The molecule has 1 N–H and O–H groups in total. The van der Waals surface area contributed by atoms with Crippen molar-refractivity contribution in [1.29, 1.82) is 0 Å². The number of rotatable bonds is 4. The fourth-order valence-corrected chi connectivity index (χ4v) is 4.19. The van der Waals surface area contributed by atoms with Gasteiger partial charge in [0.25, 0.3) is 10.0 Å². The average molecular weight is 335 g/mol. The molecule has 2 heterocycles. The van der Waals surface area contributed by atoms with Crippen molar-refractivity contribution in [3.8, 4) is 0 Å². The molecule has 0 radical (unpaired) electrons. The first kappa shape index (κ1) is 16.3. The van der Waals surface area contributed by atoms with E-state index in [0.29, 0.717) is 5.56 Å². The van der Waals surface area contributed by atoms with E-state index in [4.69, 9.17) is 5.11 Å². The summed E-state index contributed by atoms with van der Waals surface area (Å²) in [5, 5.41) is 8.82. The molecule has 0 aliphatic carbocycles. The first-order valence-corrected chi connectivity index (χ1v) is 9.55.